The molecular formula is C20H25N5O7. The van der Waals surface area contributed by atoms with Gasteiger partial charge in [-0.3, -0.25) is 20.2 Å². The number of non-ortho nitro benzene ring substituents is 1. The first-order valence-electron chi connectivity index (χ1n) is 9.66. The zero-order valence-electron chi connectivity index (χ0n) is 17.9. The molecule has 0 aliphatic rings. The minimum absolute atomic E-state index is 0.0761. The molecule has 172 valence electrons. The first-order chi connectivity index (χ1) is 15.0. The SMILES string of the molecule is CC(C)(C)OC(=O)NC(CNONc1ccc([N+](=O)[O-])cc1[N+](=O)[O-])Cc1ccccc1. The molecule has 1 unspecified atom stereocenters. The summed E-state index contributed by atoms with van der Waals surface area (Å²) in [5.74, 6) is 0. The fraction of sp³-hybridized carbons (Fsp3) is 0.350. The van der Waals surface area contributed by atoms with Crippen LogP contribution in [0.1, 0.15) is 26.3 Å². The van der Waals surface area contributed by atoms with Gasteiger partial charge >= 0.3 is 11.8 Å². The van der Waals surface area contributed by atoms with E-state index in [9.17, 15) is 25.0 Å². The summed E-state index contributed by atoms with van der Waals surface area (Å²) < 4.78 is 5.29. The van der Waals surface area contributed by atoms with Crippen LogP contribution < -0.4 is 16.3 Å². The summed E-state index contributed by atoms with van der Waals surface area (Å²) in [6.45, 7) is 5.38. The number of nitro benzene ring substituents is 2. The Labute approximate surface area is 184 Å². The minimum atomic E-state index is -0.763. The lowest BCUT2D eigenvalue weighted by Crippen LogP contribution is -2.45. The summed E-state index contributed by atoms with van der Waals surface area (Å²) in [7, 11) is 0. The number of carbonyl (C=O) groups is 1. The molecule has 12 nitrogen and oxygen atoms in total. The number of benzene rings is 2. The van der Waals surface area contributed by atoms with Gasteiger partial charge in [-0.25, -0.2) is 10.3 Å². The van der Waals surface area contributed by atoms with Crippen molar-refractivity contribution in [2.24, 2.45) is 0 Å². The molecule has 1 atom stereocenters. The van der Waals surface area contributed by atoms with Crippen molar-refractivity contribution in [2.45, 2.75) is 38.8 Å². The average Bonchev–Trinajstić information content (AvgIpc) is 2.70. The third-order valence-corrected chi connectivity index (χ3v) is 4.00. The highest BCUT2D eigenvalue weighted by Gasteiger charge is 2.21. The van der Waals surface area contributed by atoms with Crippen LogP contribution in [0, 0.1) is 20.2 Å². The summed E-state index contributed by atoms with van der Waals surface area (Å²) >= 11 is 0. The van der Waals surface area contributed by atoms with E-state index in [0.717, 1.165) is 17.7 Å². The van der Waals surface area contributed by atoms with E-state index in [1.807, 2.05) is 30.3 Å². The molecule has 0 bridgehead atoms. The fourth-order valence-electron chi connectivity index (χ4n) is 2.65. The number of anilines is 1. The molecule has 0 spiro atoms. The lowest BCUT2D eigenvalue weighted by Gasteiger charge is -2.24. The summed E-state index contributed by atoms with van der Waals surface area (Å²) in [6, 6.07) is 12.1. The van der Waals surface area contributed by atoms with E-state index in [1.165, 1.54) is 6.07 Å². The van der Waals surface area contributed by atoms with Crippen molar-refractivity contribution in [3.05, 3.63) is 74.3 Å². The highest BCUT2D eigenvalue weighted by molar-refractivity contribution is 5.68. The Morgan fingerprint density at radius 1 is 1.06 bits per heavy atom. The molecule has 0 aromatic heterocycles. The Balaban J connectivity index is 1.99. The van der Waals surface area contributed by atoms with Gasteiger partial charge in [0.15, 0.2) is 0 Å². The summed E-state index contributed by atoms with van der Waals surface area (Å²) in [6.07, 6.45) is -0.132. The molecule has 0 aliphatic heterocycles. The molecule has 0 radical (unpaired) electrons. The number of amides is 1. The maximum Gasteiger partial charge on any atom is 0.407 e. The lowest BCUT2D eigenvalue weighted by molar-refractivity contribution is -0.393. The largest absolute Gasteiger partial charge is 0.444 e. The fourth-order valence-corrected chi connectivity index (χ4v) is 2.65. The molecular weight excluding hydrogens is 422 g/mol. The molecule has 0 heterocycles. The van der Waals surface area contributed by atoms with Crippen LogP contribution in [0.3, 0.4) is 0 Å². The van der Waals surface area contributed by atoms with Gasteiger partial charge in [0.1, 0.15) is 11.3 Å². The molecule has 2 aromatic carbocycles. The number of alkyl carbamates (subject to hydrolysis) is 1. The molecule has 0 saturated carbocycles. The highest BCUT2D eigenvalue weighted by Crippen LogP contribution is 2.28. The average molecular weight is 447 g/mol. The van der Waals surface area contributed by atoms with Gasteiger partial charge in [-0.05, 0) is 38.8 Å². The summed E-state index contributed by atoms with van der Waals surface area (Å²) in [5, 5.41) is 24.8. The third kappa shape index (κ3) is 8.16. The van der Waals surface area contributed by atoms with Crippen molar-refractivity contribution in [3.8, 4) is 0 Å². The number of hydrogen-bond donors (Lipinski definition) is 3. The number of nitrogens with one attached hydrogen (secondary N) is 3. The Hall–Kier alpha value is -3.77. The predicted octanol–water partition coefficient (Wildman–Crippen LogP) is 3.49. The monoisotopic (exact) mass is 447 g/mol. The summed E-state index contributed by atoms with van der Waals surface area (Å²) in [5.41, 5.74) is 4.23. The smallest absolute Gasteiger partial charge is 0.407 e. The van der Waals surface area contributed by atoms with Gasteiger partial charge in [0.25, 0.3) is 5.69 Å². The second-order valence-electron chi connectivity index (χ2n) is 7.80. The van der Waals surface area contributed by atoms with Gasteiger partial charge in [-0.15, -0.1) is 0 Å². The Morgan fingerprint density at radius 2 is 1.75 bits per heavy atom. The van der Waals surface area contributed by atoms with Crippen LogP contribution in [0.15, 0.2) is 48.5 Å². The lowest BCUT2D eigenvalue weighted by atomic mass is 10.1. The van der Waals surface area contributed by atoms with Crippen LogP contribution in [0.25, 0.3) is 0 Å². The molecule has 2 aromatic rings. The van der Waals surface area contributed by atoms with Gasteiger partial charge in [-0.1, -0.05) is 30.3 Å². The maximum absolute atomic E-state index is 12.2. The van der Waals surface area contributed by atoms with E-state index in [4.69, 9.17) is 9.68 Å². The van der Waals surface area contributed by atoms with E-state index in [0.29, 0.717) is 6.42 Å². The number of hydroxylamine groups is 1. The molecule has 0 fully saturated rings. The molecule has 0 aliphatic carbocycles. The number of nitro groups is 2. The maximum atomic E-state index is 12.2. The molecule has 1 amide bonds. The second-order valence-corrected chi connectivity index (χ2v) is 7.80. The zero-order valence-corrected chi connectivity index (χ0v) is 17.9. The Bertz CT molecular complexity index is 947. The topological polar surface area (TPSA) is 158 Å². The van der Waals surface area contributed by atoms with Crippen LogP contribution in [-0.4, -0.2) is 34.1 Å². The molecule has 0 saturated heterocycles. The second kappa shape index (κ2) is 11.0. The van der Waals surface area contributed by atoms with Gasteiger partial charge < -0.3 is 10.1 Å². The summed E-state index contributed by atoms with van der Waals surface area (Å²) in [4.78, 5) is 37.8. The first kappa shape index (κ1) is 24.5. The van der Waals surface area contributed by atoms with Gasteiger partial charge in [0.2, 0.25) is 0 Å². The Morgan fingerprint density at radius 3 is 2.34 bits per heavy atom. The molecule has 32 heavy (non-hydrogen) atoms. The number of hydrogen-bond acceptors (Lipinski definition) is 9. The van der Waals surface area contributed by atoms with Crippen LogP contribution >= 0.6 is 0 Å². The van der Waals surface area contributed by atoms with Gasteiger partial charge in [0.05, 0.1) is 22.0 Å². The number of rotatable bonds is 10. The normalized spacial score (nSPS) is 12.0. The van der Waals surface area contributed by atoms with E-state index in [-0.39, 0.29) is 12.2 Å². The van der Waals surface area contributed by atoms with Crippen molar-refractivity contribution in [2.75, 3.05) is 12.0 Å². The van der Waals surface area contributed by atoms with Crippen molar-refractivity contribution in [1.29, 1.82) is 0 Å². The third-order valence-electron chi connectivity index (χ3n) is 4.00. The van der Waals surface area contributed by atoms with Crippen LogP contribution in [0.5, 0.6) is 0 Å². The van der Waals surface area contributed by atoms with Crippen molar-refractivity contribution < 1.29 is 24.3 Å². The first-order valence-corrected chi connectivity index (χ1v) is 9.66. The van der Waals surface area contributed by atoms with Crippen molar-refractivity contribution in [1.82, 2.24) is 10.8 Å². The molecule has 3 N–H and O–H groups in total. The van der Waals surface area contributed by atoms with E-state index >= 15 is 0 Å². The van der Waals surface area contributed by atoms with Crippen LogP contribution in [-0.2, 0) is 16.1 Å². The standard InChI is InChI=1S/C20H25N5O7/c1-20(2,3)31-19(26)22-15(11-14-7-5-4-6-8-14)13-21-32-23-17-10-9-16(24(27)28)12-18(17)25(29)30/h4-10,12,15,21,23H,11,13H2,1-3H3,(H,22,26). The van der Waals surface area contributed by atoms with Crippen LogP contribution in [0.4, 0.5) is 21.9 Å². The van der Waals surface area contributed by atoms with Crippen molar-refractivity contribution >= 4 is 23.2 Å². The predicted molar refractivity (Wildman–Crippen MR) is 116 cm³/mol. The number of ether oxygens (including phenoxy) is 1. The quantitative estimate of drug-likeness (QED) is 0.281. The number of carbonyl (C=O) groups excluding carboxylic acids is 1. The minimum Gasteiger partial charge on any atom is -0.444 e. The van der Waals surface area contributed by atoms with Crippen LogP contribution in [0.2, 0.25) is 0 Å². The van der Waals surface area contributed by atoms with Crippen molar-refractivity contribution in [3.63, 3.8) is 0 Å². The molecule has 12 heteroatoms. The number of nitrogens with zero attached hydrogens (tertiary/aromatic N) is 2. The highest BCUT2D eigenvalue weighted by atomic mass is 16.8. The van der Waals surface area contributed by atoms with E-state index in [1.54, 1.807) is 20.8 Å². The van der Waals surface area contributed by atoms with Gasteiger partial charge in [0, 0.05) is 12.6 Å². The van der Waals surface area contributed by atoms with E-state index < -0.39 is 39.0 Å². The molecule has 2 rings (SSSR count). The van der Waals surface area contributed by atoms with E-state index in [2.05, 4.69) is 16.3 Å². The Kier molecular flexibility index (Phi) is 8.44. The van der Waals surface area contributed by atoms with Gasteiger partial charge in [-0.2, -0.15) is 10.4 Å². The zero-order chi connectivity index (χ0) is 23.7.